The quantitative estimate of drug-likeness (QED) is 0.796. The maximum atomic E-state index is 12.1. The predicted octanol–water partition coefficient (Wildman–Crippen LogP) is 1.88. The molecule has 0 spiro atoms. The van der Waals surface area contributed by atoms with Crippen LogP contribution in [0.4, 0.5) is 0 Å². The first-order valence-corrected chi connectivity index (χ1v) is 7.59. The van der Waals surface area contributed by atoms with Crippen LogP contribution in [0.2, 0.25) is 0 Å². The van der Waals surface area contributed by atoms with Gasteiger partial charge < -0.3 is 15.7 Å². The standard InChI is InChI=1S/C17H26N2O2/c1-11(19-16(21)15-9-14(20)10-18-15)12-5-7-13(8-6-12)17(2,3)4/h5-8,11,14-15,18,20H,9-10H2,1-4H3,(H,19,21)/t11-,14+,15-/m0/s1. The molecule has 0 unspecified atom stereocenters. The van der Waals surface area contributed by atoms with Crippen LogP contribution in [0.15, 0.2) is 24.3 Å². The Balaban J connectivity index is 1.97. The molecule has 4 nitrogen and oxygen atoms in total. The Morgan fingerprint density at radius 3 is 2.43 bits per heavy atom. The Bertz CT molecular complexity index is 491. The molecule has 0 bridgehead atoms. The van der Waals surface area contributed by atoms with E-state index in [0.717, 1.165) is 5.56 Å². The molecule has 1 heterocycles. The summed E-state index contributed by atoms with van der Waals surface area (Å²) in [5, 5.41) is 15.5. The van der Waals surface area contributed by atoms with Crippen molar-refractivity contribution < 1.29 is 9.90 Å². The fraction of sp³-hybridized carbons (Fsp3) is 0.588. The highest BCUT2D eigenvalue weighted by atomic mass is 16.3. The Labute approximate surface area is 126 Å². The van der Waals surface area contributed by atoms with Crippen molar-refractivity contribution >= 4 is 5.91 Å². The highest BCUT2D eigenvalue weighted by Crippen LogP contribution is 2.24. The third-order valence-corrected chi connectivity index (χ3v) is 4.06. The van der Waals surface area contributed by atoms with Gasteiger partial charge in [0, 0.05) is 6.54 Å². The summed E-state index contributed by atoms with van der Waals surface area (Å²) in [4.78, 5) is 12.1. The van der Waals surface area contributed by atoms with Crippen molar-refractivity contribution in [2.75, 3.05) is 6.54 Å². The molecule has 1 amide bonds. The van der Waals surface area contributed by atoms with Crippen molar-refractivity contribution in [3.05, 3.63) is 35.4 Å². The minimum absolute atomic E-state index is 0.0361. The van der Waals surface area contributed by atoms with E-state index in [4.69, 9.17) is 0 Å². The van der Waals surface area contributed by atoms with Crippen molar-refractivity contribution in [3.8, 4) is 0 Å². The molecule has 21 heavy (non-hydrogen) atoms. The molecule has 1 fully saturated rings. The molecule has 0 saturated carbocycles. The van der Waals surface area contributed by atoms with Gasteiger partial charge in [0.25, 0.3) is 0 Å². The highest BCUT2D eigenvalue weighted by Gasteiger charge is 2.28. The van der Waals surface area contributed by atoms with Crippen LogP contribution in [0.25, 0.3) is 0 Å². The number of benzene rings is 1. The first-order chi connectivity index (χ1) is 9.77. The van der Waals surface area contributed by atoms with Gasteiger partial charge in [0.2, 0.25) is 5.91 Å². The zero-order valence-electron chi connectivity index (χ0n) is 13.3. The summed E-state index contributed by atoms with van der Waals surface area (Å²) in [6, 6.07) is 8.07. The Morgan fingerprint density at radius 2 is 1.95 bits per heavy atom. The van der Waals surface area contributed by atoms with Crippen molar-refractivity contribution in [1.29, 1.82) is 0 Å². The minimum Gasteiger partial charge on any atom is -0.392 e. The molecule has 3 N–H and O–H groups in total. The average Bonchev–Trinajstić information content (AvgIpc) is 2.84. The first kappa shape index (κ1) is 16.0. The second kappa shape index (κ2) is 6.16. The number of aliphatic hydroxyl groups is 1. The van der Waals surface area contributed by atoms with Gasteiger partial charge in [-0.3, -0.25) is 4.79 Å². The van der Waals surface area contributed by atoms with Gasteiger partial charge in [-0.05, 0) is 29.9 Å². The van der Waals surface area contributed by atoms with E-state index in [-0.39, 0.29) is 23.4 Å². The lowest BCUT2D eigenvalue weighted by atomic mass is 9.86. The monoisotopic (exact) mass is 290 g/mol. The first-order valence-electron chi connectivity index (χ1n) is 7.59. The largest absolute Gasteiger partial charge is 0.392 e. The summed E-state index contributed by atoms with van der Waals surface area (Å²) in [5.74, 6) is -0.0426. The fourth-order valence-electron chi connectivity index (χ4n) is 2.59. The van der Waals surface area contributed by atoms with Crippen molar-refractivity contribution in [2.45, 2.75) is 57.7 Å². The molecule has 2 rings (SSSR count). The summed E-state index contributed by atoms with van der Waals surface area (Å²) in [6.45, 7) is 9.03. The van der Waals surface area contributed by atoms with Crippen LogP contribution in [0.5, 0.6) is 0 Å². The SMILES string of the molecule is C[C@H](NC(=O)[C@@H]1C[C@@H](O)CN1)c1ccc(C(C)(C)C)cc1. The number of β-amino-alcohol motifs (C(OH)–C–C–N with tert-alkyl or cyclic N) is 1. The summed E-state index contributed by atoms with van der Waals surface area (Å²) in [5.41, 5.74) is 2.51. The zero-order valence-corrected chi connectivity index (χ0v) is 13.3. The summed E-state index contributed by atoms with van der Waals surface area (Å²) >= 11 is 0. The molecule has 4 heteroatoms. The average molecular weight is 290 g/mol. The second-order valence-electron chi connectivity index (χ2n) is 6.95. The number of rotatable bonds is 3. The van der Waals surface area contributed by atoms with Crippen molar-refractivity contribution in [3.63, 3.8) is 0 Å². The van der Waals surface area contributed by atoms with Gasteiger partial charge in [-0.2, -0.15) is 0 Å². The summed E-state index contributed by atoms with van der Waals surface area (Å²) in [6.07, 6.45) is 0.0729. The molecule has 1 saturated heterocycles. The van der Waals surface area contributed by atoms with E-state index in [9.17, 15) is 9.90 Å². The molecule has 1 aliphatic heterocycles. The molecule has 1 aliphatic rings. The molecular formula is C17H26N2O2. The molecule has 0 aromatic heterocycles. The van der Waals surface area contributed by atoms with E-state index in [1.54, 1.807) is 0 Å². The molecule has 116 valence electrons. The fourth-order valence-corrected chi connectivity index (χ4v) is 2.59. The summed E-state index contributed by atoms with van der Waals surface area (Å²) in [7, 11) is 0. The number of carbonyl (C=O) groups excluding carboxylic acids is 1. The van der Waals surface area contributed by atoms with Crippen molar-refractivity contribution in [1.82, 2.24) is 10.6 Å². The normalized spacial score (nSPS) is 23.9. The topological polar surface area (TPSA) is 61.4 Å². The van der Waals surface area contributed by atoms with Crippen LogP contribution in [-0.2, 0) is 10.2 Å². The van der Waals surface area contributed by atoms with E-state index >= 15 is 0 Å². The van der Waals surface area contributed by atoms with Gasteiger partial charge in [-0.1, -0.05) is 45.0 Å². The van der Waals surface area contributed by atoms with Gasteiger partial charge >= 0.3 is 0 Å². The van der Waals surface area contributed by atoms with Gasteiger partial charge in [0.1, 0.15) is 0 Å². The van der Waals surface area contributed by atoms with Gasteiger partial charge in [0.05, 0.1) is 18.2 Å². The smallest absolute Gasteiger partial charge is 0.237 e. The highest BCUT2D eigenvalue weighted by molar-refractivity contribution is 5.82. The van der Waals surface area contributed by atoms with Crippen LogP contribution in [0.1, 0.15) is 51.3 Å². The van der Waals surface area contributed by atoms with E-state index in [1.807, 2.05) is 6.92 Å². The summed E-state index contributed by atoms with van der Waals surface area (Å²) < 4.78 is 0. The molecule has 1 aromatic rings. The second-order valence-corrected chi connectivity index (χ2v) is 6.95. The van der Waals surface area contributed by atoms with Crippen LogP contribution in [-0.4, -0.2) is 29.7 Å². The number of carbonyl (C=O) groups is 1. The molecule has 0 radical (unpaired) electrons. The molecule has 0 aliphatic carbocycles. The Kier molecular flexibility index (Phi) is 4.69. The lowest BCUT2D eigenvalue weighted by Crippen LogP contribution is -2.41. The number of amides is 1. The molecule has 3 atom stereocenters. The third-order valence-electron chi connectivity index (χ3n) is 4.06. The van der Waals surface area contributed by atoms with Gasteiger partial charge in [-0.15, -0.1) is 0 Å². The lowest BCUT2D eigenvalue weighted by molar-refractivity contribution is -0.123. The van der Waals surface area contributed by atoms with E-state index in [2.05, 4.69) is 55.7 Å². The minimum atomic E-state index is -0.415. The van der Waals surface area contributed by atoms with Crippen LogP contribution >= 0.6 is 0 Å². The number of aliphatic hydroxyl groups excluding tert-OH is 1. The number of nitrogens with one attached hydrogen (secondary N) is 2. The van der Waals surface area contributed by atoms with Crippen LogP contribution in [0, 0.1) is 0 Å². The zero-order chi connectivity index (χ0) is 15.6. The van der Waals surface area contributed by atoms with E-state index in [0.29, 0.717) is 13.0 Å². The number of hydrogen-bond acceptors (Lipinski definition) is 3. The van der Waals surface area contributed by atoms with Crippen LogP contribution in [0.3, 0.4) is 0 Å². The molecule has 1 aromatic carbocycles. The maximum Gasteiger partial charge on any atom is 0.237 e. The van der Waals surface area contributed by atoms with Crippen molar-refractivity contribution in [2.24, 2.45) is 0 Å². The van der Waals surface area contributed by atoms with Gasteiger partial charge in [0.15, 0.2) is 0 Å². The van der Waals surface area contributed by atoms with Gasteiger partial charge in [-0.25, -0.2) is 0 Å². The number of hydrogen-bond donors (Lipinski definition) is 3. The maximum absolute atomic E-state index is 12.1. The van der Waals surface area contributed by atoms with Crippen LogP contribution < -0.4 is 10.6 Å². The van der Waals surface area contributed by atoms with E-state index in [1.165, 1.54) is 5.56 Å². The lowest BCUT2D eigenvalue weighted by Gasteiger charge is -2.21. The third kappa shape index (κ3) is 4.05. The molecular weight excluding hydrogens is 264 g/mol. The van der Waals surface area contributed by atoms with E-state index < -0.39 is 6.10 Å². The Morgan fingerprint density at radius 1 is 1.33 bits per heavy atom. The predicted molar refractivity (Wildman–Crippen MR) is 84.1 cm³/mol. The Hall–Kier alpha value is -1.39.